The molecule has 5 nitrogen and oxygen atoms in total. The SMILES string of the molecule is C#CCOc1ccc(C(=O)N2CCC(C)(C(=O)O)C2)cc1. The number of ether oxygens (including phenoxy) is 1. The number of carbonyl (C=O) groups is 2. The average Bonchev–Trinajstić information content (AvgIpc) is 2.89. The van der Waals surface area contributed by atoms with Crippen LogP contribution in [0.1, 0.15) is 23.7 Å². The Balaban J connectivity index is 2.04. The number of nitrogens with zero attached hydrogens (tertiary/aromatic N) is 1. The molecule has 0 bridgehead atoms. The second-order valence-corrected chi connectivity index (χ2v) is 5.36. The fourth-order valence-corrected chi connectivity index (χ4v) is 2.31. The van der Waals surface area contributed by atoms with Crippen molar-refractivity contribution in [2.45, 2.75) is 13.3 Å². The molecule has 1 aromatic rings. The largest absolute Gasteiger partial charge is 0.481 e. The van der Waals surface area contributed by atoms with Crippen molar-refractivity contribution in [3.63, 3.8) is 0 Å². The summed E-state index contributed by atoms with van der Waals surface area (Å²) in [6.45, 7) is 2.53. The van der Waals surface area contributed by atoms with Gasteiger partial charge in [0.2, 0.25) is 0 Å². The highest BCUT2D eigenvalue weighted by Crippen LogP contribution is 2.31. The van der Waals surface area contributed by atoms with Gasteiger partial charge in [0.1, 0.15) is 12.4 Å². The maximum Gasteiger partial charge on any atom is 0.311 e. The lowest BCUT2D eigenvalue weighted by Crippen LogP contribution is -2.34. The topological polar surface area (TPSA) is 66.8 Å². The van der Waals surface area contributed by atoms with Crippen molar-refractivity contribution in [3.05, 3.63) is 29.8 Å². The van der Waals surface area contributed by atoms with E-state index in [-0.39, 0.29) is 19.1 Å². The lowest BCUT2D eigenvalue weighted by atomic mass is 9.90. The molecule has 5 heteroatoms. The van der Waals surface area contributed by atoms with Crippen LogP contribution in [0.5, 0.6) is 5.75 Å². The summed E-state index contributed by atoms with van der Waals surface area (Å²) < 4.78 is 5.24. The van der Waals surface area contributed by atoms with E-state index in [1.807, 2.05) is 0 Å². The van der Waals surface area contributed by atoms with Crippen LogP contribution in [-0.2, 0) is 4.79 Å². The Morgan fingerprint density at radius 2 is 2.10 bits per heavy atom. The fraction of sp³-hybridized carbons (Fsp3) is 0.375. The van der Waals surface area contributed by atoms with Gasteiger partial charge < -0.3 is 14.7 Å². The van der Waals surface area contributed by atoms with Gasteiger partial charge in [-0.25, -0.2) is 0 Å². The fourth-order valence-electron chi connectivity index (χ4n) is 2.31. The van der Waals surface area contributed by atoms with Crippen LogP contribution >= 0.6 is 0 Å². The van der Waals surface area contributed by atoms with E-state index >= 15 is 0 Å². The highest BCUT2D eigenvalue weighted by molar-refractivity contribution is 5.95. The van der Waals surface area contributed by atoms with Crippen molar-refractivity contribution < 1.29 is 19.4 Å². The minimum Gasteiger partial charge on any atom is -0.481 e. The summed E-state index contributed by atoms with van der Waals surface area (Å²) in [7, 11) is 0. The second kappa shape index (κ2) is 5.88. The zero-order chi connectivity index (χ0) is 15.5. The molecule has 1 aliphatic heterocycles. The second-order valence-electron chi connectivity index (χ2n) is 5.36. The molecule has 1 saturated heterocycles. The van der Waals surface area contributed by atoms with Gasteiger partial charge in [-0.05, 0) is 37.6 Å². The van der Waals surface area contributed by atoms with Crippen molar-refractivity contribution in [1.29, 1.82) is 0 Å². The first-order valence-electron chi connectivity index (χ1n) is 6.65. The van der Waals surface area contributed by atoms with Gasteiger partial charge in [0.15, 0.2) is 0 Å². The zero-order valence-electron chi connectivity index (χ0n) is 11.8. The third-order valence-electron chi connectivity index (χ3n) is 3.70. The molecule has 1 heterocycles. The normalized spacial score (nSPS) is 20.9. The number of benzene rings is 1. The van der Waals surface area contributed by atoms with Crippen LogP contribution in [0.2, 0.25) is 0 Å². The number of carbonyl (C=O) groups excluding carboxylic acids is 1. The summed E-state index contributed by atoms with van der Waals surface area (Å²) in [6, 6.07) is 6.67. The van der Waals surface area contributed by atoms with Gasteiger partial charge in [-0.15, -0.1) is 6.42 Å². The molecule has 0 aromatic heterocycles. The third-order valence-corrected chi connectivity index (χ3v) is 3.70. The maximum absolute atomic E-state index is 12.3. The molecule has 1 N–H and O–H groups in total. The maximum atomic E-state index is 12.3. The van der Waals surface area contributed by atoms with E-state index in [1.165, 1.54) is 0 Å². The summed E-state index contributed by atoms with van der Waals surface area (Å²) >= 11 is 0. The summed E-state index contributed by atoms with van der Waals surface area (Å²) in [6.07, 6.45) is 5.57. The Bertz CT molecular complexity index is 587. The van der Waals surface area contributed by atoms with Crippen LogP contribution in [0.4, 0.5) is 0 Å². The van der Waals surface area contributed by atoms with E-state index < -0.39 is 11.4 Å². The zero-order valence-corrected chi connectivity index (χ0v) is 11.8. The van der Waals surface area contributed by atoms with E-state index in [9.17, 15) is 14.7 Å². The van der Waals surface area contributed by atoms with Crippen LogP contribution in [0.15, 0.2) is 24.3 Å². The van der Waals surface area contributed by atoms with Crippen LogP contribution in [0.3, 0.4) is 0 Å². The standard InChI is InChI=1S/C16H17NO4/c1-3-10-21-13-6-4-12(5-7-13)14(18)17-9-8-16(2,11-17)15(19)20/h1,4-7H,8-11H2,2H3,(H,19,20). The number of amides is 1. The van der Waals surface area contributed by atoms with E-state index in [0.717, 1.165) is 0 Å². The first kappa shape index (κ1) is 14.9. The molecular formula is C16H17NO4. The first-order valence-corrected chi connectivity index (χ1v) is 6.65. The number of carboxylic acids is 1. The lowest BCUT2D eigenvalue weighted by Gasteiger charge is -2.20. The molecular weight excluding hydrogens is 270 g/mol. The van der Waals surface area contributed by atoms with Crippen LogP contribution < -0.4 is 4.74 Å². The third kappa shape index (κ3) is 3.16. The smallest absolute Gasteiger partial charge is 0.311 e. The molecule has 1 unspecified atom stereocenters. The van der Waals surface area contributed by atoms with E-state index in [1.54, 1.807) is 36.1 Å². The molecule has 1 amide bonds. The molecule has 0 spiro atoms. The number of hydrogen-bond acceptors (Lipinski definition) is 3. The minimum atomic E-state index is -0.865. The van der Waals surface area contributed by atoms with Crippen molar-refractivity contribution in [2.24, 2.45) is 5.41 Å². The monoisotopic (exact) mass is 287 g/mol. The molecule has 1 atom stereocenters. The molecule has 21 heavy (non-hydrogen) atoms. The number of terminal acetylenes is 1. The predicted octanol–water partition coefficient (Wildman–Crippen LogP) is 1.64. The molecule has 0 aliphatic carbocycles. The lowest BCUT2D eigenvalue weighted by molar-refractivity contribution is -0.147. The number of aliphatic carboxylic acids is 1. The molecule has 2 rings (SSSR count). The van der Waals surface area contributed by atoms with E-state index in [4.69, 9.17) is 11.2 Å². The molecule has 110 valence electrons. The highest BCUT2D eigenvalue weighted by atomic mass is 16.5. The van der Waals surface area contributed by atoms with Gasteiger partial charge in [0, 0.05) is 18.7 Å². The van der Waals surface area contributed by atoms with Gasteiger partial charge in [-0.3, -0.25) is 9.59 Å². The summed E-state index contributed by atoms with van der Waals surface area (Å²) in [5.74, 6) is 1.93. The first-order chi connectivity index (χ1) is 9.96. The summed E-state index contributed by atoms with van der Waals surface area (Å²) in [5.41, 5.74) is -0.344. The van der Waals surface area contributed by atoms with Gasteiger partial charge in [0.25, 0.3) is 5.91 Å². The number of carboxylic acid groups (broad SMARTS) is 1. The van der Waals surface area contributed by atoms with Crippen LogP contribution in [0.25, 0.3) is 0 Å². The summed E-state index contributed by atoms with van der Waals surface area (Å²) in [4.78, 5) is 25.1. The van der Waals surface area contributed by atoms with Gasteiger partial charge in [-0.1, -0.05) is 5.92 Å². The van der Waals surface area contributed by atoms with Crippen molar-refractivity contribution in [1.82, 2.24) is 4.90 Å². The molecule has 0 radical (unpaired) electrons. The number of likely N-dealkylation sites (tertiary alicyclic amines) is 1. The quantitative estimate of drug-likeness (QED) is 0.855. The average molecular weight is 287 g/mol. The summed E-state index contributed by atoms with van der Waals surface area (Å²) in [5, 5.41) is 9.19. The Kier molecular flexibility index (Phi) is 4.18. The molecule has 1 fully saturated rings. The minimum absolute atomic E-state index is 0.163. The molecule has 0 saturated carbocycles. The van der Waals surface area contributed by atoms with Gasteiger partial charge in [-0.2, -0.15) is 0 Å². The van der Waals surface area contributed by atoms with Gasteiger partial charge >= 0.3 is 5.97 Å². The van der Waals surface area contributed by atoms with Crippen molar-refractivity contribution in [2.75, 3.05) is 19.7 Å². The highest BCUT2D eigenvalue weighted by Gasteiger charge is 2.42. The number of rotatable bonds is 4. The Hall–Kier alpha value is -2.48. The van der Waals surface area contributed by atoms with Crippen molar-refractivity contribution >= 4 is 11.9 Å². The molecule has 1 aliphatic rings. The van der Waals surface area contributed by atoms with Crippen LogP contribution in [0, 0.1) is 17.8 Å². The van der Waals surface area contributed by atoms with Crippen molar-refractivity contribution in [3.8, 4) is 18.1 Å². The van der Waals surface area contributed by atoms with E-state index in [2.05, 4.69) is 5.92 Å². The molecule has 1 aromatic carbocycles. The van der Waals surface area contributed by atoms with E-state index in [0.29, 0.717) is 24.3 Å². The Morgan fingerprint density at radius 3 is 2.62 bits per heavy atom. The Labute approximate surface area is 123 Å². The Morgan fingerprint density at radius 1 is 1.43 bits per heavy atom. The predicted molar refractivity (Wildman–Crippen MR) is 77.0 cm³/mol. The van der Waals surface area contributed by atoms with Gasteiger partial charge in [0.05, 0.1) is 5.41 Å². The van der Waals surface area contributed by atoms with Crippen LogP contribution in [-0.4, -0.2) is 41.6 Å². The number of hydrogen-bond donors (Lipinski definition) is 1.